The average Bonchev–Trinajstić information content (AvgIpc) is 3.59. The summed E-state index contributed by atoms with van der Waals surface area (Å²) in [5.41, 5.74) is 2.54. The van der Waals surface area contributed by atoms with Gasteiger partial charge >= 0.3 is 0 Å². The van der Waals surface area contributed by atoms with Gasteiger partial charge in [0.1, 0.15) is 11.5 Å². The lowest BCUT2D eigenvalue weighted by Gasteiger charge is -2.26. The third-order valence-electron chi connectivity index (χ3n) is 6.56. The summed E-state index contributed by atoms with van der Waals surface area (Å²) in [5.74, 6) is 1.48. The molecule has 0 saturated carbocycles. The summed E-state index contributed by atoms with van der Waals surface area (Å²) < 4.78 is 51.9. The molecule has 5 rings (SSSR count). The smallest absolute Gasteiger partial charge is 0.243 e. The molecule has 2 saturated heterocycles. The second kappa shape index (κ2) is 11.4. The Morgan fingerprint density at radius 2 is 1.84 bits per heavy atom. The molecule has 2 aromatic carbocycles. The highest BCUT2D eigenvalue weighted by atomic mass is 32.2. The second-order valence-electron chi connectivity index (χ2n) is 8.84. The van der Waals surface area contributed by atoms with Crippen LogP contribution in [0.5, 0.6) is 11.5 Å². The normalized spacial score (nSPS) is 19.3. The zero-order valence-electron chi connectivity index (χ0n) is 21.0. The SMILES string of the molecule is COc1ccc(OC)c(-c2csc(=Nc3ccc(S(=O)(=O)N4CCOCC4)cc3)n2C[C@@H]2CCCO2)c1. The van der Waals surface area contributed by atoms with Gasteiger partial charge in [-0.25, -0.2) is 13.4 Å². The Kier molecular flexibility index (Phi) is 7.96. The molecule has 0 spiro atoms. The molecule has 1 atom stereocenters. The predicted molar refractivity (Wildman–Crippen MR) is 141 cm³/mol. The molecule has 0 bridgehead atoms. The molecule has 2 fully saturated rings. The van der Waals surface area contributed by atoms with Crippen LogP contribution < -0.4 is 14.3 Å². The van der Waals surface area contributed by atoms with Crippen LogP contribution in [0, 0.1) is 0 Å². The number of rotatable bonds is 8. The van der Waals surface area contributed by atoms with E-state index in [1.165, 1.54) is 15.6 Å². The van der Waals surface area contributed by atoms with Crippen molar-refractivity contribution in [1.29, 1.82) is 0 Å². The van der Waals surface area contributed by atoms with Crippen molar-refractivity contribution < 1.29 is 27.4 Å². The van der Waals surface area contributed by atoms with E-state index in [0.29, 0.717) is 38.5 Å². The molecule has 2 aliphatic rings. The lowest BCUT2D eigenvalue weighted by molar-refractivity contribution is 0.0730. The van der Waals surface area contributed by atoms with Crippen molar-refractivity contribution >= 4 is 27.0 Å². The van der Waals surface area contributed by atoms with Crippen LogP contribution in [-0.4, -0.2) is 70.5 Å². The lowest BCUT2D eigenvalue weighted by atomic mass is 10.1. The number of aromatic nitrogens is 1. The van der Waals surface area contributed by atoms with E-state index >= 15 is 0 Å². The summed E-state index contributed by atoms with van der Waals surface area (Å²) in [5, 5.41) is 2.06. The minimum absolute atomic E-state index is 0.102. The Morgan fingerprint density at radius 3 is 2.51 bits per heavy atom. The van der Waals surface area contributed by atoms with Gasteiger partial charge in [-0.15, -0.1) is 11.3 Å². The Morgan fingerprint density at radius 1 is 1.05 bits per heavy atom. The van der Waals surface area contributed by atoms with Gasteiger partial charge in [0.2, 0.25) is 10.0 Å². The zero-order valence-corrected chi connectivity index (χ0v) is 22.6. The molecule has 9 nitrogen and oxygen atoms in total. The number of sulfonamides is 1. The van der Waals surface area contributed by atoms with Gasteiger partial charge < -0.3 is 23.5 Å². The Bertz CT molecular complexity index is 1390. The van der Waals surface area contributed by atoms with Crippen molar-refractivity contribution in [3.8, 4) is 22.8 Å². The predicted octanol–water partition coefficient (Wildman–Crippen LogP) is 3.67. The first-order valence-corrected chi connectivity index (χ1v) is 14.6. The molecule has 2 aliphatic heterocycles. The number of ether oxygens (including phenoxy) is 4. The first-order chi connectivity index (χ1) is 18.0. The minimum atomic E-state index is -3.56. The van der Waals surface area contributed by atoms with E-state index in [0.717, 1.165) is 47.0 Å². The van der Waals surface area contributed by atoms with Crippen LogP contribution in [0.15, 0.2) is 57.7 Å². The summed E-state index contributed by atoms with van der Waals surface area (Å²) in [6.45, 7) is 2.97. The first kappa shape index (κ1) is 25.9. The molecule has 0 unspecified atom stereocenters. The Balaban J connectivity index is 1.52. The highest BCUT2D eigenvalue weighted by Crippen LogP contribution is 2.34. The fourth-order valence-corrected chi connectivity index (χ4v) is 6.89. The van der Waals surface area contributed by atoms with Crippen LogP contribution in [-0.2, 0) is 26.0 Å². The van der Waals surface area contributed by atoms with Crippen LogP contribution in [0.4, 0.5) is 5.69 Å². The first-order valence-electron chi connectivity index (χ1n) is 12.2. The third-order valence-corrected chi connectivity index (χ3v) is 9.34. The highest BCUT2D eigenvalue weighted by molar-refractivity contribution is 7.89. The summed E-state index contributed by atoms with van der Waals surface area (Å²) in [6, 6.07) is 12.5. The number of hydrogen-bond donors (Lipinski definition) is 0. The summed E-state index contributed by atoms with van der Waals surface area (Å²) >= 11 is 1.52. The van der Waals surface area contributed by atoms with Crippen LogP contribution >= 0.6 is 11.3 Å². The van der Waals surface area contributed by atoms with Crippen LogP contribution in [0.3, 0.4) is 0 Å². The van der Waals surface area contributed by atoms with Gasteiger partial charge in [0, 0.05) is 30.6 Å². The van der Waals surface area contributed by atoms with Gasteiger partial charge in [-0.05, 0) is 55.3 Å². The number of hydrogen-bond acceptors (Lipinski definition) is 8. The van der Waals surface area contributed by atoms with Crippen molar-refractivity contribution in [2.75, 3.05) is 47.1 Å². The van der Waals surface area contributed by atoms with E-state index in [1.54, 1.807) is 38.5 Å². The molecule has 11 heteroatoms. The van der Waals surface area contributed by atoms with E-state index in [2.05, 4.69) is 9.95 Å². The lowest BCUT2D eigenvalue weighted by Crippen LogP contribution is -2.40. The molecule has 0 amide bonds. The topological polar surface area (TPSA) is 91.6 Å². The molecular formula is C26H31N3O6S2. The quantitative estimate of drug-likeness (QED) is 0.429. The monoisotopic (exact) mass is 545 g/mol. The standard InChI is InChI=1S/C26H31N3O6S2/c1-32-20-7-10-25(33-2)23(16-20)24-18-36-26(29(24)17-21-4-3-13-35-21)27-19-5-8-22(9-6-19)37(30,31)28-11-14-34-15-12-28/h5-10,16,18,21H,3-4,11-15,17H2,1-2H3/t21-/m0/s1. The molecule has 3 aromatic rings. The maximum atomic E-state index is 13.0. The van der Waals surface area contributed by atoms with Crippen molar-refractivity contribution in [2.24, 2.45) is 4.99 Å². The van der Waals surface area contributed by atoms with E-state index < -0.39 is 10.0 Å². The van der Waals surface area contributed by atoms with E-state index in [1.807, 2.05) is 18.2 Å². The molecule has 0 N–H and O–H groups in total. The van der Waals surface area contributed by atoms with E-state index in [-0.39, 0.29) is 11.0 Å². The molecule has 0 aliphatic carbocycles. The number of thiazole rings is 1. The molecule has 1 aromatic heterocycles. The summed E-state index contributed by atoms with van der Waals surface area (Å²) in [6.07, 6.45) is 2.13. The van der Waals surface area contributed by atoms with Crippen molar-refractivity contribution in [3.05, 3.63) is 52.6 Å². The number of benzene rings is 2. The maximum absolute atomic E-state index is 13.0. The molecule has 37 heavy (non-hydrogen) atoms. The minimum Gasteiger partial charge on any atom is -0.497 e. The zero-order chi connectivity index (χ0) is 25.8. The largest absolute Gasteiger partial charge is 0.497 e. The molecule has 198 valence electrons. The second-order valence-corrected chi connectivity index (χ2v) is 11.6. The van der Waals surface area contributed by atoms with Gasteiger partial charge in [0.05, 0.1) is 56.4 Å². The van der Waals surface area contributed by atoms with Crippen molar-refractivity contribution in [1.82, 2.24) is 8.87 Å². The van der Waals surface area contributed by atoms with Gasteiger partial charge in [0.25, 0.3) is 0 Å². The summed E-state index contributed by atoms with van der Waals surface area (Å²) in [7, 11) is -0.260. The maximum Gasteiger partial charge on any atom is 0.243 e. The van der Waals surface area contributed by atoms with E-state index in [4.69, 9.17) is 23.9 Å². The van der Waals surface area contributed by atoms with Gasteiger partial charge in [-0.2, -0.15) is 4.31 Å². The van der Waals surface area contributed by atoms with Crippen LogP contribution in [0.2, 0.25) is 0 Å². The van der Waals surface area contributed by atoms with Crippen LogP contribution in [0.25, 0.3) is 11.3 Å². The third kappa shape index (κ3) is 5.60. The van der Waals surface area contributed by atoms with Gasteiger partial charge in [-0.1, -0.05) is 0 Å². The number of morpholine rings is 1. The van der Waals surface area contributed by atoms with Crippen LogP contribution in [0.1, 0.15) is 12.8 Å². The van der Waals surface area contributed by atoms with Gasteiger partial charge in [-0.3, -0.25) is 0 Å². The number of nitrogens with zero attached hydrogens (tertiary/aromatic N) is 3. The summed E-state index contributed by atoms with van der Waals surface area (Å²) in [4.78, 5) is 5.94. The van der Waals surface area contributed by atoms with Crippen molar-refractivity contribution in [3.63, 3.8) is 0 Å². The van der Waals surface area contributed by atoms with E-state index in [9.17, 15) is 8.42 Å². The molecule has 0 radical (unpaired) electrons. The molecule has 3 heterocycles. The fraction of sp³-hybridized carbons (Fsp3) is 0.423. The molecular weight excluding hydrogens is 514 g/mol. The fourth-order valence-electron chi connectivity index (χ4n) is 4.56. The Labute approximate surface area is 220 Å². The number of methoxy groups -OCH3 is 2. The van der Waals surface area contributed by atoms with Crippen molar-refractivity contribution in [2.45, 2.75) is 30.4 Å². The highest BCUT2D eigenvalue weighted by Gasteiger charge is 2.26. The van der Waals surface area contributed by atoms with Gasteiger partial charge in [0.15, 0.2) is 4.80 Å². The average molecular weight is 546 g/mol. The Hall–Kier alpha value is -2.70.